The van der Waals surface area contributed by atoms with Crippen molar-refractivity contribution in [3.05, 3.63) is 33.8 Å². The fourth-order valence-electron chi connectivity index (χ4n) is 1.59. The second-order valence-corrected chi connectivity index (χ2v) is 6.13. The SMILES string of the molecule is O=C(NCC(Br)C1CC1)c1cccc(Cl)c1Cl. The van der Waals surface area contributed by atoms with Crippen molar-refractivity contribution in [1.82, 2.24) is 5.32 Å². The lowest BCUT2D eigenvalue weighted by atomic mass is 10.2. The highest BCUT2D eigenvalue weighted by atomic mass is 79.9. The smallest absolute Gasteiger partial charge is 0.252 e. The summed E-state index contributed by atoms with van der Waals surface area (Å²) in [6.07, 6.45) is 2.48. The monoisotopic (exact) mass is 335 g/mol. The van der Waals surface area contributed by atoms with Gasteiger partial charge in [-0.3, -0.25) is 4.79 Å². The molecule has 2 nitrogen and oxygen atoms in total. The minimum absolute atomic E-state index is 0.178. The van der Waals surface area contributed by atoms with Crippen molar-refractivity contribution in [1.29, 1.82) is 0 Å². The van der Waals surface area contributed by atoms with Gasteiger partial charge in [0.25, 0.3) is 5.91 Å². The van der Waals surface area contributed by atoms with Crippen molar-refractivity contribution in [2.24, 2.45) is 5.92 Å². The molecule has 1 fully saturated rings. The fourth-order valence-corrected chi connectivity index (χ4v) is 2.67. The number of amides is 1. The molecule has 1 aliphatic carbocycles. The molecule has 2 rings (SSSR count). The van der Waals surface area contributed by atoms with Crippen LogP contribution < -0.4 is 5.32 Å². The van der Waals surface area contributed by atoms with Crippen molar-refractivity contribution in [2.75, 3.05) is 6.54 Å². The number of benzene rings is 1. The van der Waals surface area contributed by atoms with E-state index in [0.29, 0.717) is 32.9 Å². The zero-order chi connectivity index (χ0) is 12.4. The van der Waals surface area contributed by atoms with Crippen LogP contribution in [0.3, 0.4) is 0 Å². The first-order valence-electron chi connectivity index (χ1n) is 5.46. The average molecular weight is 337 g/mol. The minimum atomic E-state index is -0.178. The molecule has 0 aliphatic heterocycles. The maximum absolute atomic E-state index is 11.9. The predicted molar refractivity (Wildman–Crippen MR) is 74.2 cm³/mol. The van der Waals surface area contributed by atoms with Gasteiger partial charge in [-0.1, -0.05) is 45.2 Å². The number of carbonyl (C=O) groups excluding carboxylic acids is 1. The van der Waals surface area contributed by atoms with Crippen LogP contribution in [0, 0.1) is 5.92 Å². The van der Waals surface area contributed by atoms with Crippen LogP contribution >= 0.6 is 39.1 Å². The first kappa shape index (κ1) is 13.2. The number of alkyl halides is 1. The second-order valence-electron chi connectivity index (χ2n) is 4.16. The molecule has 1 unspecified atom stereocenters. The Morgan fingerprint density at radius 1 is 1.47 bits per heavy atom. The van der Waals surface area contributed by atoms with E-state index in [1.807, 2.05) is 0 Å². The van der Waals surface area contributed by atoms with Crippen molar-refractivity contribution in [3.63, 3.8) is 0 Å². The summed E-state index contributed by atoms with van der Waals surface area (Å²) in [6, 6.07) is 5.05. The third-order valence-corrected chi connectivity index (χ3v) is 4.68. The van der Waals surface area contributed by atoms with Gasteiger partial charge in [0.05, 0.1) is 15.6 Å². The van der Waals surface area contributed by atoms with E-state index >= 15 is 0 Å². The number of nitrogens with one attached hydrogen (secondary N) is 1. The summed E-state index contributed by atoms with van der Waals surface area (Å²) < 4.78 is 0. The maximum Gasteiger partial charge on any atom is 0.252 e. The van der Waals surface area contributed by atoms with Gasteiger partial charge in [0, 0.05) is 11.4 Å². The molecule has 0 radical (unpaired) electrons. The molecule has 92 valence electrons. The van der Waals surface area contributed by atoms with E-state index in [0.717, 1.165) is 0 Å². The lowest BCUT2D eigenvalue weighted by Gasteiger charge is -2.11. The Balaban J connectivity index is 1.96. The van der Waals surface area contributed by atoms with Gasteiger partial charge >= 0.3 is 0 Å². The summed E-state index contributed by atoms with van der Waals surface area (Å²) in [5, 5.41) is 3.57. The molecule has 0 spiro atoms. The van der Waals surface area contributed by atoms with Crippen LogP contribution in [0.15, 0.2) is 18.2 Å². The molecule has 1 saturated carbocycles. The Bertz CT molecular complexity index is 435. The molecule has 5 heteroatoms. The van der Waals surface area contributed by atoms with Gasteiger partial charge < -0.3 is 5.32 Å². The maximum atomic E-state index is 11.9. The largest absolute Gasteiger partial charge is 0.351 e. The van der Waals surface area contributed by atoms with Gasteiger partial charge in [-0.25, -0.2) is 0 Å². The summed E-state index contributed by atoms with van der Waals surface area (Å²) in [7, 11) is 0. The number of hydrogen-bond donors (Lipinski definition) is 1. The van der Waals surface area contributed by atoms with Crippen molar-refractivity contribution < 1.29 is 4.79 Å². The highest BCUT2D eigenvalue weighted by Gasteiger charge is 2.29. The summed E-state index contributed by atoms with van der Waals surface area (Å²) >= 11 is 15.4. The molecule has 17 heavy (non-hydrogen) atoms. The van der Waals surface area contributed by atoms with Crippen molar-refractivity contribution >= 4 is 45.0 Å². The number of carbonyl (C=O) groups is 1. The molecule has 1 aliphatic rings. The number of hydrogen-bond acceptors (Lipinski definition) is 1. The molecule has 0 saturated heterocycles. The lowest BCUT2D eigenvalue weighted by molar-refractivity contribution is 0.0953. The first-order valence-corrected chi connectivity index (χ1v) is 7.13. The fraction of sp³-hybridized carbons (Fsp3) is 0.417. The van der Waals surface area contributed by atoms with Crippen molar-refractivity contribution in [2.45, 2.75) is 17.7 Å². The molecule has 1 aromatic rings. The Labute approximate surface area is 119 Å². The van der Waals surface area contributed by atoms with E-state index in [-0.39, 0.29) is 5.91 Å². The third-order valence-electron chi connectivity index (χ3n) is 2.79. The molecule has 0 heterocycles. The van der Waals surface area contributed by atoms with Gasteiger partial charge in [0.15, 0.2) is 0 Å². The van der Waals surface area contributed by atoms with Crippen LogP contribution in [-0.2, 0) is 0 Å². The zero-order valence-corrected chi connectivity index (χ0v) is 12.1. The molecule has 1 amide bonds. The normalized spacial score (nSPS) is 16.6. The van der Waals surface area contributed by atoms with Crippen LogP contribution in [0.4, 0.5) is 0 Å². The lowest BCUT2D eigenvalue weighted by Crippen LogP contribution is -2.30. The van der Waals surface area contributed by atoms with E-state index in [2.05, 4.69) is 21.2 Å². The Kier molecular flexibility index (Phi) is 4.34. The first-order chi connectivity index (χ1) is 8.09. The second kappa shape index (κ2) is 5.59. The predicted octanol–water partition coefficient (Wildman–Crippen LogP) is 3.90. The Hall–Kier alpha value is -0.250. The van der Waals surface area contributed by atoms with E-state index in [4.69, 9.17) is 23.2 Å². The minimum Gasteiger partial charge on any atom is -0.351 e. The molecule has 0 bridgehead atoms. The van der Waals surface area contributed by atoms with Gasteiger partial charge in [-0.2, -0.15) is 0 Å². The summed E-state index contributed by atoms with van der Waals surface area (Å²) in [4.78, 5) is 12.2. The molecule has 1 atom stereocenters. The molecular weight excluding hydrogens is 325 g/mol. The molecule has 1 N–H and O–H groups in total. The summed E-state index contributed by atoms with van der Waals surface area (Å²) in [5.41, 5.74) is 0.426. The average Bonchev–Trinajstić information content (AvgIpc) is 3.13. The van der Waals surface area contributed by atoms with Crippen LogP contribution in [0.2, 0.25) is 10.0 Å². The van der Waals surface area contributed by atoms with E-state index in [1.54, 1.807) is 18.2 Å². The van der Waals surface area contributed by atoms with E-state index in [9.17, 15) is 4.79 Å². The Morgan fingerprint density at radius 3 is 2.82 bits per heavy atom. The quantitative estimate of drug-likeness (QED) is 0.830. The van der Waals surface area contributed by atoms with Gasteiger partial charge in [-0.15, -0.1) is 0 Å². The van der Waals surface area contributed by atoms with Crippen LogP contribution in [0.25, 0.3) is 0 Å². The van der Waals surface area contributed by atoms with Crippen LogP contribution in [0.5, 0.6) is 0 Å². The van der Waals surface area contributed by atoms with Gasteiger partial charge in [-0.05, 0) is 30.9 Å². The van der Waals surface area contributed by atoms with Gasteiger partial charge in [0.1, 0.15) is 0 Å². The topological polar surface area (TPSA) is 29.1 Å². The van der Waals surface area contributed by atoms with E-state index in [1.165, 1.54) is 12.8 Å². The highest BCUT2D eigenvalue weighted by Crippen LogP contribution is 2.36. The third kappa shape index (κ3) is 3.36. The molecular formula is C12H12BrCl2NO. The molecule has 0 aromatic heterocycles. The molecule has 1 aromatic carbocycles. The van der Waals surface area contributed by atoms with Crippen LogP contribution in [0.1, 0.15) is 23.2 Å². The van der Waals surface area contributed by atoms with Crippen LogP contribution in [-0.4, -0.2) is 17.3 Å². The number of halogens is 3. The highest BCUT2D eigenvalue weighted by molar-refractivity contribution is 9.09. The standard InChI is InChI=1S/C12H12BrCl2NO/c13-9(7-4-5-7)6-16-12(17)8-2-1-3-10(14)11(8)15/h1-3,7,9H,4-6H2,(H,16,17). The van der Waals surface area contributed by atoms with Crippen molar-refractivity contribution in [3.8, 4) is 0 Å². The van der Waals surface area contributed by atoms with Gasteiger partial charge in [0.2, 0.25) is 0 Å². The van der Waals surface area contributed by atoms with E-state index < -0.39 is 0 Å². The summed E-state index contributed by atoms with van der Waals surface area (Å²) in [6.45, 7) is 0.617. The number of rotatable bonds is 4. The Morgan fingerprint density at radius 2 is 2.18 bits per heavy atom. The summed E-state index contributed by atoms with van der Waals surface area (Å²) in [5.74, 6) is 0.521. The zero-order valence-electron chi connectivity index (χ0n) is 9.05.